The largest absolute Gasteiger partial charge is 0.468 e. The molecule has 20 heavy (non-hydrogen) atoms. The van der Waals surface area contributed by atoms with Crippen molar-refractivity contribution in [1.82, 2.24) is 5.32 Å². The van der Waals surface area contributed by atoms with Gasteiger partial charge < -0.3 is 9.47 Å². The van der Waals surface area contributed by atoms with Crippen molar-refractivity contribution in [2.24, 2.45) is 0 Å². The lowest BCUT2D eigenvalue weighted by molar-refractivity contribution is -0.143. The maximum Gasteiger partial charge on any atom is 0.327 e. The summed E-state index contributed by atoms with van der Waals surface area (Å²) in [5.74, 6) is -0.250. The van der Waals surface area contributed by atoms with E-state index in [9.17, 15) is 4.79 Å². The molecule has 110 valence electrons. The second kappa shape index (κ2) is 6.86. The van der Waals surface area contributed by atoms with Gasteiger partial charge in [-0.3, -0.25) is 5.32 Å². The van der Waals surface area contributed by atoms with E-state index in [0.29, 0.717) is 6.54 Å². The van der Waals surface area contributed by atoms with E-state index in [1.54, 1.807) is 0 Å². The molecule has 1 aliphatic heterocycles. The van der Waals surface area contributed by atoms with Crippen LogP contribution in [0.1, 0.15) is 35.6 Å². The number of methoxy groups -OCH3 is 1. The molecule has 2 rings (SSSR count). The fourth-order valence-electron chi connectivity index (χ4n) is 2.76. The lowest BCUT2D eigenvalue weighted by Gasteiger charge is -2.22. The van der Waals surface area contributed by atoms with Crippen molar-refractivity contribution >= 4 is 5.97 Å². The fourth-order valence-corrected chi connectivity index (χ4v) is 2.76. The van der Waals surface area contributed by atoms with E-state index >= 15 is 0 Å². The van der Waals surface area contributed by atoms with Crippen LogP contribution >= 0.6 is 0 Å². The standard InChI is InChI=1S/C16H23NO3/c1-11-6-4-7-12(2)14(11)15(16(18)19-3)17-10-13-8-5-9-20-13/h4,6-7,13,15,17H,5,8-10H2,1-3H3. The van der Waals surface area contributed by atoms with Crippen LogP contribution in [0.15, 0.2) is 18.2 Å². The van der Waals surface area contributed by atoms with Crippen LogP contribution in [0.2, 0.25) is 0 Å². The Morgan fingerprint density at radius 1 is 1.45 bits per heavy atom. The number of hydrogen-bond acceptors (Lipinski definition) is 4. The Labute approximate surface area is 120 Å². The Bertz CT molecular complexity index is 447. The number of carbonyl (C=O) groups excluding carboxylic acids is 1. The lowest BCUT2D eigenvalue weighted by Crippen LogP contribution is -2.36. The molecule has 0 aromatic heterocycles. The Kier molecular flexibility index (Phi) is 5.15. The number of nitrogens with one attached hydrogen (secondary N) is 1. The van der Waals surface area contributed by atoms with Crippen LogP contribution < -0.4 is 5.32 Å². The minimum absolute atomic E-state index is 0.200. The highest BCUT2D eigenvalue weighted by molar-refractivity contribution is 5.78. The van der Waals surface area contributed by atoms with E-state index in [0.717, 1.165) is 36.1 Å². The molecule has 0 amide bonds. The zero-order valence-corrected chi connectivity index (χ0v) is 12.4. The summed E-state index contributed by atoms with van der Waals surface area (Å²) >= 11 is 0. The fraction of sp³-hybridized carbons (Fsp3) is 0.562. The second-order valence-corrected chi connectivity index (χ2v) is 5.30. The molecular weight excluding hydrogens is 254 g/mol. The number of hydrogen-bond donors (Lipinski definition) is 1. The van der Waals surface area contributed by atoms with E-state index in [4.69, 9.17) is 9.47 Å². The van der Waals surface area contributed by atoms with Gasteiger partial charge in [0.15, 0.2) is 0 Å². The van der Waals surface area contributed by atoms with Gasteiger partial charge in [-0.05, 0) is 43.4 Å². The normalized spacial score (nSPS) is 19.9. The van der Waals surface area contributed by atoms with E-state index in [2.05, 4.69) is 5.32 Å². The second-order valence-electron chi connectivity index (χ2n) is 5.30. The van der Waals surface area contributed by atoms with Gasteiger partial charge in [-0.2, -0.15) is 0 Å². The molecule has 1 fully saturated rings. The maximum absolute atomic E-state index is 12.1. The van der Waals surface area contributed by atoms with Crippen LogP contribution in [0.25, 0.3) is 0 Å². The van der Waals surface area contributed by atoms with Crippen molar-refractivity contribution in [2.45, 2.75) is 38.8 Å². The number of benzene rings is 1. The van der Waals surface area contributed by atoms with Crippen molar-refractivity contribution in [2.75, 3.05) is 20.3 Å². The molecule has 0 bridgehead atoms. The van der Waals surface area contributed by atoms with Crippen molar-refractivity contribution < 1.29 is 14.3 Å². The van der Waals surface area contributed by atoms with E-state index < -0.39 is 6.04 Å². The molecule has 1 N–H and O–H groups in total. The van der Waals surface area contributed by atoms with Gasteiger partial charge >= 0.3 is 5.97 Å². The predicted octanol–water partition coefficient (Wildman–Crippen LogP) is 2.29. The van der Waals surface area contributed by atoms with Gasteiger partial charge in [-0.1, -0.05) is 18.2 Å². The zero-order chi connectivity index (χ0) is 14.5. The van der Waals surface area contributed by atoms with Crippen LogP contribution in [0, 0.1) is 13.8 Å². The summed E-state index contributed by atoms with van der Waals surface area (Å²) in [6, 6.07) is 5.62. The van der Waals surface area contributed by atoms with Crippen LogP contribution in [-0.4, -0.2) is 32.3 Å². The van der Waals surface area contributed by atoms with Gasteiger partial charge in [0.25, 0.3) is 0 Å². The van der Waals surface area contributed by atoms with Crippen LogP contribution in [0.3, 0.4) is 0 Å². The summed E-state index contributed by atoms with van der Waals surface area (Å²) in [6.07, 6.45) is 2.35. The molecule has 0 saturated carbocycles. The van der Waals surface area contributed by atoms with Gasteiger partial charge in [0.1, 0.15) is 6.04 Å². The van der Waals surface area contributed by atoms with Gasteiger partial charge in [0, 0.05) is 13.2 Å². The number of ether oxygens (including phenoxy) is 2. The molecule has 1 heterocycles. The summed E-state index contributed by atoms with van der Waals surface area (Å²) in [5.41, 5.74) is 3.21. The summed E-state index contributed by atoms with van der Waals surface area (Å²) in [5, 5.41) is 3.31. The highest BCUT2D eigenvalue weighted by Crippen LogP contribution is 2.23. The summed E-state index contributed by atoms with van der Waals surface area (Å²) in [7, 11) is 1.43. The van der Waals surface area contributed by atoms with E-state index in [1.807, 2.05) is 32.0 Å². The molecule has 0 radical (unpaired) electrons. The molecule has 1 aromatic rings. The SMILES string of the molecule is COC(=O)C(NCC1CCCO1)c1c(C)cccc1C. The highest BCUT2D eigenvalue weighted by Gasteiger charge is 2.26. The molecule has 1 aliphatic rings. The number of carbonyl (C=O) groups is 1. The molecule has 1 saturated heterocycles. The van der Waals surface area contributed by atoms with Gasteiger partial charge in [-0.15, -0.1) is 0 Å². The number of rotatable bonds is 5. The summed E-state index contributed by atoms with van der Waals surface area (Å²) in [4.78, 5) is 12.1. The summed E-state index contributed by atoms with van der Waals surface area (Å²) in [6.45, 7) is 5.53. The molecule has 0 aliphatic carbocycles. The van der Waals surface area contributed by atoms with Crippen LogP contribution in [-0.2, 0) is 14.3 Å². The Hall–Kier alpha value is -1.39. The first-order valence-corrected chi connectivity index (χ1v) is 7.12. The molecular formula is C16H23NO3. The Morgan fingerprint density at radius 2 is 2.15 bits per heavy atom. The molecule has 1 aromatic carbocycles. The third-order valence-electron chi connectivity index (χ3n) is 3.84. The van der Waals surface area contributed by atoms with Crippen molar-refractivity contribution in [3.05, 3.63) is 34.9 Å². The first-order chi connectivity index (χ1) is 9.63. The maximum atomic E-state index is 12.1. The van der Waals surface area contributed by atoms with Gasteiger partial charge in [-0.25, -0.2) is 4.79 Å². The lowest BCUT2D eigenvalue weighted by atomic mass is 9.96. The predicted molar refractivity (Wildman–Crippen MR) is 77.6 cm³/mol. The van der Waals surface area contributed by atoms with Crippen LogP contribution in [0.4, 0.5) is 0 Å². The van der Waals surface area contributed by atoms with Gasteiger partial charge in [0.2, 0.25) is 0 Å². The van der Waals surface area contributed by atoms with Crippen molar-refractivity contribution in [3.63, 3.8) is 0 Å². The molecule has 4 nitrogen and oxygen atoms in total. The average Bonchev–Trinajstić information content (AvgIpc) is 2.94. The third kappa shape index (κ3) is 3.38. The van der Waals surface area contributed by atoms with Gasteiger partial charge in [0.05, 0.1) is 13.2 Å². The molecule has 4 heteroatoms. The minimum atomic E-state index is -0.426. The Balaban J connectivity index is 2.16. The molecule has 0 spiro atoms. The minimum Gasteiger partial charge on any atom is -0.468 e. The quantitative estimate of drug-likeness (QED) is 0.839. The molecule has 2 atom stereocenters. The van der Waals surface area contributed by atoms with Crippen LogP contribution in [0.5, 0.6) is 0 Å². The summed E-state index contributed by atoms with van der Waals surface area (Å²) < 4.78 is 10.5. The van der Waals surface area contributed by atoms with E-state index in [1.165, 1.54) is 7.11 Å². The Morgan fingerprint density at radius 3 is 2.70 bits per heavy atom. The monoisotopic (exact) mass is 277 g/mol. The zero-order valence-electron chi connectivity index (χ0n) is 12.4. The van der Waals surface area contributed by atoms with E-state index in [-0.39, 0.29) is 12.1 Å². The first-order valence-electron chi connectivity index (χ1n) is 7.12. The number of aryl methyl sites for hydroxylation is 2. The average molecular weight is 277 g/mol. The van der Waals surface area contributed by atoms with Crippen molar-refractivity contribution in [3.8, 4) is 0 Å². The smallest absolute Gasteiger partial charge is 0.327 e. The molecule has 2 unspecified atom stereocenters. The first kappa shape index (κ1) is 15.0. The highest BCUT2D eigenvalue weighted by atomic mass is 16.5. The number of esters is 1. The third-order valence-corrected chi connectivity index (χ3v) is 3.84. The van der Waals surface area contributed by atoms with Crippen molar-refractivity contribution in [1.29, 1.82) is 0 Å². The topological polar surface area (TPSA) is 47.6 Å².